The first-order valence-electron chi connectivity index (χ1n) is 3.93. The van der Waals surface area contributed by atoms with Crippen molar-refractivity contribution in [2.75, 3.05) is 0 Å². The molecule has 0 fully saturated rings. The van der Waals surface area contributed by atoms with Gasteiger partial charge in [0.15, 0.2) is 5.54 Å². The van der Waals surface area contributed by atoms with Crippen LogP contribution in [-0.4, -0.2) is 17.0 Å². The van der Waals surface area contributed by atoms with Gasteiger partial charge in [-0.25, -0.2) is 4.74 Å². The van der Waals surface area contributed by atoms with E-state index in [9.17, 15) is 5.21 Å². The van der Waals surface area contributed by atoms with Crippen molar-refractivity contribution < 1.29 is 4.74 Å². The van der Waals surface area contributed by atoms with Gasteiger partial charge in [-0.15, -0.1) is 0 Å². The zero-order valence-electron chi connectivity index (χ0n) is 8.27. The molecular formula is C9H19NO. The molecule has 2 nitrogen and oxygen atoms in total. The third kappa shape index (κ3) is 4.02. The summed E-state index contributed by atoms with van der Waals surface area (Å²) < 4.78 is 0.790. The van der Waals surface area contributed by atoms with E-state index in [0.717, 1.165) is 11.2 Å². The van der Waals surface area contributed by atoms with Gasteiger partial charge in [-0.2, -0.15) is 0 Å². The molecule has 0 aromatic rings. The van der Waals surface area contributed by atoms with Crippen LogP contribution in [0.15, 0.2) is 0 Å². The van der Waals surface area contributed by atoms with Crippen molar-refractivity contribution in [3.8, 4) is 0 Å². The summed E-state index contributed by atoms with van der Waals surface area (Å²) in [6.07, 6.45) is 0.854. The molecule has 0 amide bonds. The molecule has 0 radical (unpaired) electrons. The molecular weight excluding hydrogens is 138 g/mol. The minimum absolute atomic E-state index is 0.184. The lowest BCUT2D eigenvalue weighted by atomic mass is 9.82. The minimum atomic E-state index is -0.349. The van der Waals surface area contributed by atoms with Crippen molar-refractivity contribution in [1.29, 1.82) is 0 Å². The van der Waals surface area contributed by atoms with E-state index < -0.39 is 0 Å². The fraction of sp³-hybridized carbons (Fsp3) is 0.889. The van der Waals surface area contributed by atoms with E-state index in [-0.39, 0.29) is 11.0 Å². The van der Waals surface area contributed by atoms with Gasteiger partial charge in [0.05, 0.1) is 0 Å². The van der Waals surface area contributed by atoms with Crippen molar-refractivity contribution in [2.24, 2.45) is 5.41 Å². The molecule has 0 unspecified atom stereocenters. The number of rotatable bonds is 2. The summed E-state index contributed by atoms with van der Waals surface area (Å²) in [6, 6.07) is 0. The highest BCUT2D eigenvalue weighted by atomic mass is 16.5. The van der Waals surface area contributed by atoms with E-state index in [1.165, 1.54) is 0 Å². The van der Waals surface area contributed by atoms with E-state index in [1.54, 1.807) is 0 Å². The van der Waals surface area contributed by atoms with Gasteiger partial charge in [-0.1, -0.05) is 20.8 Å². The molecule has 0 N–H and O–H groups in total. The third-order valence-corrected chi connectivity index (χ3v) is 1.64. The molecule has 0 atom stereocenters. The first kappa shape index (κ1) is 10.5. The number of nitrogens with zero attached hydrogens (tertiary/aromatic N) is 1. The summed E-state index contributed by atoms with van der Waals surface area (Å²) in [5.41, 5.74) is -0.165. The minimum Gasteiger partial charge on any atom is -0.624 e. The molecule has 0 rings (SSSR count). The Bertz CT molecular complexity index is 153. The highest BCUT2D eigenvalue weighted by Crippen LogP contribution is 2.28. The van der Waals surface area contributed by atoms with Crippen LogP contribution in [0, 0.1) is 10.6 Å². The lowest BCUT2D eigenvalue weighted by Gasteiger charge is -2.30. The molecule has 0 aromatic carbocycles. The maximum absolute atomic E-state index is 10.9. The van der Waals surface area contributed by atoms with E-state index in [1.807, 2.05) is 13.8 Å². The van der Waals surface area contributed by atoms with Crippen LogP contribution in [0.5, 0.6) is 0 Å². The van der Waals surface area contributed by atoms with Crippen LogP contribution in [0.1, 0.15) is 41.0 Å². The van der Waals surface area contributed by atoms with E-state index in [0.29, 0.717) is 0 Å². The van der Waals surface area contributed by atoms with Crippen molar-refractivity contribution in [3.05, 3.63) is 5.21 Å². The second-order valence-electron chi connectivity index (χ2n) is 4.93. The van der Waals surface area contributed by atoms with Gasteiger partial charge < -0.3 is 5.21 Å². The average Bonchev–Trinajstić information content (AvgIpc) is 1.56. The van der Waals surface area contributed by atoms with Gasteiger partial charge in [-0.3, -0.25) is 0 Å². The van der Waals surface area contributed by atoms with Crippen molar-refractivity contribution in [2.45, 2.75) is 46.6 Å². The van der Waals surface area contributed by atoms with Crippen molar-refractivity contribution in [1.82, 2.24) is 0 Å². The summed E-state index contributed by atoms with van der Waals surface area (Å²) in [5, 5.41) is 10.9. The summed E-state index contributed by atoms with van der Waals surface area (Å²) in [4.78, 5) is 0. The quantitative estimate of drug-likeness (QED) is 0.261. The fourth-order valence-electron chi connectivity index (χ4n) is 1.39. The Kier molecular flexibility index (Phi) is 2.70. The van der Waals surface area contributed by atoms with E-state index >= 15 is 0 Å². The molecule has 2 heteroatoms. The summed E-state index contributed by atoms with van der Waals surface area (Å²) >= 11 is 0. The Morgan fingerprint density at radius 3 is 1.64 bits per heavy atom. The van der Waals surface area contributed by atoms with Gasteiger partial charge in [0, 0.05) is 20.3 Å². The maximum atomic E-state index is 10.9. The number of hydrogen-bond acceptors (Lipinski definition) is 1. The maximum Gasteiger partial charge on any atom is 0.167 e. The van der Waals surface area contributed by atoms with Gasteiger partial charge in [0.25, 0.3) is 0 Å². The smallest absolute Gasteiger partial charge is 0.167 e. The molecule has 0 aliphatic rings. The van der Waals surface area contributed by atoms with Crippen LogP contribution >= 0.6 is 0 Å². The first-order valence-corrected chi connectivity index (χ1v) is 3.93. The van der Waals surface area contributed by atoms with Gasteiger partial charge in [0.2, 0.25) is 0 Å². The van der Waals surface area contributed by atoms with E-state index in [4.69, 9.17) is 0 Å². The topological polar surface area (TPSA) is 26.1 Å². The Morgan fingerprint density at radius 2 is 1.55 bits per heavy atom. The van der Waals surface area contributed by atoms with Crippen LogP contribution in [0.25, 0.3) is 0 Å². The number of hydrogen-bond donors (Lipinski definition) is 0. The molecule has 0 bridgehead atoms. The molecule has 0 spiro atoms. The molecule has 0 aliphatic carbocycles. The Morgan fingerprint density at radius 1 is 1.18 bits per heavy atom. The predicted octanol–water partition coefficient (Wildman–Crippen LogP) is 2.41. The molecule has 0 aromatic heterocycles. The highest BCUT2D eigenvalue weighted by molar-refractivity contribution is 5.15. The third-order valence-electron chi connectivity index (χ3n) is 1.64. The van der Waals surface area contributed by atoms with Crippen molar-refractivity contribution >= 4 is 6.72 Å². The summed E-state index contributed by atoms with van der Waals surface area (Å²) in [5.74, 6) is 0. The standard InChI is InChI=1S/C9H19NO/c1-8(2,3)7-9(4,5)10(6)11/h6-7H2,1-5H3. The zero-order chi connectivity index (χ0) is 9.28. The highest BCUT2D eigenvalue weighted by Gasteiger charge is 2.30. The monoisotopic (exact) mass is 157 g/mol. The fourth-order valence-corrected chi connectivity index (χ4v) is 1.39. The number of hydroxylamine groups is 1. The van der Waals surface area contributed by atoms with Gasteiger partial charge in [0.1, 0.15) is 6.72 Å². The lowest BCUT2D eigenvalue weighted by Crippen LogP contribution is -2.35. The zero-order valence-corrected chi connectivity index (χ0v) is 8.27. The van der Waals surface area contributed by atoms with Crippen LogP contribution < -0.4 is 0 Å². The average molecular weight is 157 g/mol. The Hall–Kier alpha value is -0.530. The van der Waals surface area contributed by atoms with Gasteiger partial charge >= 0.3 is 0 Å². The van der Waals surface area contributed by atoms with Crippen LogP contribution in [0.2, 0.25) is 0 Å². The second kappa shape index (κ2) is 2.84. The molecule has 0 heterocycles. The lowest BCUT2D eigenvalue weighted by molar-refractivity contribution is -0.536. The largest absolute Gasteiger partial charge is 0.624 e. The van der Waals surface area contributed by atoms with Crippen molar-refractivity contribution in [3.63, 3.8) is 0 Å². The predicted molar refractivity (Wildman–Crippen MR) is 48.9 cm³/mol. The Balaban J connectivity index is 4.25. The first-order chi connectivity index (χ1) is 4.65. The molecule has 11 heavy (non-hydrogen) atoms. The SMILES string of the molecule is C=[N+]([O-])C(C)(C)CC(C)(C)C. The summed E-state index contributed by atoms with van der Waals surface area (Å²) in [6.45, 7) is 13.6. The molecule has 66 valence electrons. The molecule has 0 saturated heterocycles. The second-order valence-corrected chi connectivity index (χ2v) is 4.93. The normalized spacial score (nSPS) is 13.2. The van der Waals surface area contributed by atoms with E-state index in [2.05, 4.69) is 27.5 Å². The Labute approximate surface area is 69.5 Å². The van der Waals surface area contributed by atoms with Crippen LogP contribution in [0.3, 0.4) is 0 Å². The van der Waals surface area contributed by atoms with Gasteiger partial charge in [-0.05, 0) is 5.41 Å². The molecule has 0 saturated carbocycles. The van der Waals surface area contributed by atoms with Crippen LogP contribution in [0.4, 0.5) is 0 Å². The molecule has 0 aliphatic heterocycles. The summed E-state index contributed by atoms with van der Waals surface area (Å²) in [7, 11) is 0. The van der Waals surface area contributed by atoms with Crippen LogP contribution in [-0.2, 0) is 0 Å².